The third kappa shape index (κ3) is 3.55. The van der Waals surface area contributed by atoms with Crippen molar-refractivity contribution in [3.63, 3.8) is 0 Å². The third-order valence-electron chi connectivity index (χ3n) is 4.27. The summed E-state index contributed by atoms with van der Waals surface area (Å²) in [7, 11) is 1.92. The van der Waals surface area contributed by atoms with Crippen LogP contribution in [-0.4, -0.2) is 15.6 Å². The van der Waals surface area contributed by atoms with E-state index in [0.29, 0.717) is 4.91 Å². The van der Waals surface area contributed by atoms with Crippen LogP contribution in [0.25, 0.3) is 17.0 Å². The standard InChI is InChI=1S/C20H14F3N3OS/c1-26-11-12(15-7-2-3-8-16(15)26)9-17-18(27)25-19(28-17)24-14-6-4-5-13(10-14)20(21,22)23/h2-11H,1H3,(H,24,25,27)/b17-9+. The zero-order chi connectivity index (χ0) is 19.9. The van der Waals surface area contributed by atoms with Gasteiger partial charge < -0.3 is 9.88 Å². The Kier molecular flexibility index (Phi) is 4.50. The van der Waals surface area contributed by atoms with E-state index in [1.807, 2.05) is 42.1 Å². The maximum absolute atomic E-state index is 12.8. The van der Waals surface area contributed by atoms with Crippen LogP contribution >= 0.6 is 11.8 Å². The topological polar surface area (TPSA) is 46.4 Å². The first kappa shape index (κ1) is 18.4. The number of hydrogen-bond acceptors (Lipinski definition) is 3. The van der Waals surface area contributed by atoms with Crippen molar-refractivity contribution in [1.29, 1.82) is 0 Å². The van der Waals surface area contributed by atoms with Gasteiger partial charge in [-0.3, -0.25) is 4.79 Å². The van der Waals surface area contributed by atoms with Crippen molar-refractivity contribution in [1.82, 2.24) is 9.88 Å². The number of thioether (sulfide) groups is 1. The number of aryl methyl sites for hydroxylation is 1. The highest BCUT2D eigenvalue weighted by molar-refractivity contribution is 8.18. The Hall–Kier alpha value is -3.00. The summed E-state index contributed by atoms with van der Waals surface area (Å²) < 4.78 is 40.5. The van der Waals surface area contributed by atoms with Crippen molar-refractivity contribution < 1.29 is 18.0 Å². The normalized spacial score (nSPS) is 17.6. The summed E-state index contributed by atoms with van der Waals surface area (Å²) in [4.78, 5) is 16.9. The highest BCUT2D eigenvalue weighted by Crippen LogP contribution is 2.33. The van der Waals surface area contributed by atoms with E-state index in [1.54, 1.807) is 6.08 Å². The van der Waals surface area contributed by atoms with Crippen LogP contribution in [0.3, 0.4) is 0 Å². The number of para-hydroxylation sites is 1. The van der Waals surface area contributed by atoms with E-state index < -0.39 is 11.7 Å². The second kappa shape index (κ2) is 6.87. The minimum absolute atomic E-state index is 0.129. The van der Waals surface area contributed by atoms with Crippen molar-refractivity contribution in [2.75, 3.05) is 0 Å². The molecule has 3 aromatic rings. The summed E-state index contributed by atoms with van der Waals surface area (Å²) in [5.74, 6) is -0.330. The number of carbonyl (C=O) groups excluding carboxylic acids is 1. The predicted octanol–water partition coefficient (Wildman–Crippen LogP) is 5.09. The fourth-order valence-electron chi connectivity index (χ4n) is 2.98. The van der Waals surface area contributed by atoms with Crippen LogP contribution in [0.4, 0.5) is 18.9 Å². The van der Waals surface area contributed by atoms with Gasteiger partial charge in [-0.2, -0.15) is 13.2 Å². The number of fused-ring (bicyclic) bond motifs is 1. The number of halogens is 3. The number of nitrogens with zero attached hydrogens (tertiary/aromatic N) is 2. The molecule has 0 aliphatic carbocycles. The maximum Gasteiger partial charge on any atom is 0.416 e. The van der Waals surface area contributed by atoms with Gasteiger partial charge in [-0.25, -0.2) is 4.99 Å². The molecule has 142 valence electrons. The number of amidine groups is 1. The van der Waals surface area contributed by atoms with E-state index >= 15 is 0 Å². The average Bonchev–Trinajstić information content (AvgIpc) is 3.15. The minimum atomic E-state index is -4.44. The molecule has 0 saturated carbocycles. The summed E-state index contributed by atoms with van der Waals surface area (Å²) >= 11 is 1.10. The fourth-order valence-corrected chi connectivity index (χ4v) is 3.81. The lowest BCUT2D eigenvalue weighted by Crippen LogP contribution is -2.19. The maximum atomic E-state index is 12.8. The molecule has 1 N–H and O–H groups in total. The molecule has 1 aromatic heterocycles. The van der Waals surface area contributed by atoms with Gasteiger partial charge in [-0.05, 0) is 42.1 Å². The minimum Gasteiger partial charge on any atom is -0.350 e. The van der Waals surface area contributed by atoms with Gasteiger partial charge in [0.2, 0.25) is 0 Å². The van der Waals surface area contributed by atoms with E-state index in [2.05, 4.69) is 10.3 Å². The summed E-state index contributed by atoms with van der Waals surface area (Å²) in [6, 6.07) is 12.5. The molecule has 0 unspecified atom stereocenters. The lowest BCUT2D eigenvalue weighted by Gasteiger charge is -2.06. The first-order valence-corrected chi connectivity index (χ1v) is 9.14. The molecule has 1 fully saturated rings. The molecule has 1 saturated heterocycles. The monoisotopic (exact) mass is 401 g/mol. The van der Waals surface area contributed by atoms with E-state index in [-0.39, 0.29) is 16.8 Å². The quantitative estimate of drug-likeness (QED) is 0.608. The number of amides is 1. The van der Waals surface area contributed by atoms with Gasteiger partial charge in [0.25, 0.3) is 5.91 Å². The molecule has 0 atom stereocenters. The number of rotatable bonds is 2. The van der Waals surface area contributed by atoms with Crippen LogP contribution in [0.15, 0.2) is 64.6 Å². The smallest absolute Gasteiger partial charge is 0.350 e. The second-order valence-electron chi connectivity index (χ2n) is 6.24. The molecule has 8 heteroatoms. The summed E-state index contributed by atoms with van der Waals surface area (Å²) in [5.41, 5.74) is 1.27. The Bertz CT molecular complexity index is 1150. The second-order valence-corrected chi connectivity index (χ2v) is 7.27. The zero-order valence-electron chi connectivity index (χ0n) is 14.6. The fraction of sp³-hybridized carbons (Fsp3) is 0.100. The Morgan fingerprint density at radius 2 is 1.93 bits per heavy atom. The van der Waals surface area contributed by atoms with Gasteiger partial charge in [0, 0.05) is 29.7 Å². The Labute approximate surface area is 162 Å². The van der Waals surface area contributed by atoms with Crippen molar-refractivity contribution in [2.45, 2.75) is 6.18 Å². The molecule has 1 aliphatic rings. The van der Waals surface area contributed by atoms with E-state index in [1.165, 1.54) is 12.1 Å². The van der Waals surface area contributed by atoms with E-state index in [0.717, 1.165) is 40.4 Å². The van der Waals surface area contributed by atoms with Crippen molar-refractivity contribution in [3.8, 4) is 0 Å². The van der Waals surface area contributed by atoms with Gasteiger partial charge in [0.1, 0.15) is 0 Å². The van der Waals surface area contributed by atoms with Crippen LogP contribution in [-0.2, 0) is 18.0 Å². The Balaban J connectivity index is 1.64. The molecular formula is C20H14F3N3OS. The van der Waals surface area contributed by atoms with Crippen LogP contribution in [0.1, 0.15) is 11.1 Å². The molecule has 1 aliphatic heterocycles. The van der Waals surface area contributed by atoms with Crippen molar-refractivity contribution in [3.05, 3.63) is 70.8 Å². The van der Waals surface area contributed by atoms with Gasteiger partial charge in [0.05, 0.1) is 16.2 Å². The molecule has 0 bridgehead atoms. The number of alkyl halides is 3. The molecule has 2 aromatic carbocycles. The van der Waals surface area contributed by atoms with Crippen LogP contribution in [0.2, 0.25) is 0 Å². The number of benzene rings is 2. The Morgan fingerprint density at radius 1 is 1.14 bits per heavy atom. The predicted molar refractivity (Wildman–Crippen MR) is 105 cm³/mol. The van der Waals surface area contributed by atoms with Gasteiger partial charge >= 0.3 is 6.18 Å². The van der Waals surface area contributed by atoms with Crippen LogP contribution < -0.4 is 5.32 Å². The number of carbonyl (C=O) groups is 1. The highest BCUT2D eigenvalue weighted by Gasteiger charge is 2.30. The molecule has 2 heterocycles. The van der Waals surface area contributed by atoms with Crippen molar-refractivity contribution >= 4 is 45.5 Å². The molecule has 0 radical (unpaired) electrons. The van der Waals surface area contributed by atoms with Crippen LogP contribution in [0.5, 0.6) is 0 Å². The molecule has 28 heavy (non-hydrogen) atoms. The lowest BCUT2D eigenvalue weighted by atomic mass is 10.1. The lowest BCUT2D eigenvalue weighted by molar-refractivity contribution is -0.137. The molecule has 1 amide bonds. The number of aliphatic imine (C=N–C) groups is 1. The van der Waals surface area contributed by atoms with E-state index in [9.17, 15) is 18.0 Å². The summed E-state index contributed by atoms with van der Waals surface area (Å²) in [5, 5.41) is 3.86. The molecule has 4 nitrogen and oxygen atoms in total. The van der Waals surface area contributed by atoms with Crippen LogP contribution in [0, 0.1) is 0 Å². The first-order chi connectivity index (χ1) is 13.3. The molecular weight excluding hydrogens is 387 g/mol. The first-order valence-electron chi connectivity index (χ1n) is 8.32. The molecule has 0 spiro atoms. The number of nitrogens with one attached hydrogen (secondary N) is 1. The number of hydrogen-bond donors (Lipinski definition) is 1. The highest BCUT2D eigenvalue weighted by atomic mass is 32.2. The molecule has 4 rings (SSSR count). The summed E-state index contributed by atoms with van der Waals surface area (Å²) in [6.07, 6.45) is -0.758. The average molecular weight is 401 g/mol. The van der Waals surface area contributed by atoms with Gasteiger partial charge in [-0.1, -0.05) is 24.3 Å². The van der Waals surface area contributed by atoms with E-state index in [4.69, 9.17) is 0 Å². The van der Waals surface area contributed by atoms with Crippen molar-refractivity contribution in [2.24, 2.45) is 12.0 Å². The van der Waals surface area contributed by atoms with Gasteiger partial charge in [-0.15, -0.1) is 0 Å². The third-order valence-corrected chi connectivity index (χ3v) is 5.18. The van der Waals surface area contributed by atoms with Gasteiger partial charge in [0.15, 0.2) is 5.17 Å². The Morgan fingerprint density at radius 3 is 2.71 bits per heavy atom. The summed E-state index contributed by atoms with van der Waals surface area (Å²) in [6.45, 7) is 0. The zero-order valence-corrected chi connectivity index (χ0v) is 15.4. The SMILES string of the molecule is Cn1cc(/C=C2/SC(=Nc3cccc(C(F)(F)F)c3)NC2=O)c2ccccc21. The largest absolute Gasteiger partial charge is 0.416 e. The number of aromatic nitrogens is 1.